The molecule has 2 N–H and O–H groups in total. The summed E-state index contributed by atoms with van der Waals surface area (Å²) in [4.78, 5) is 0. The van der Waals surface area contributed by atoms with Crippen LogP contribution < -0.4 is 0 Å². The van der Waals surface area contributed by atoms with Gasteiger partial charge >= 0.3 is 0 Å². The second-order valence-corrected chi connectivity index (χ2v) is 5.25. The Kier molecular flexibility index (Phi) is 15.0. The highest BCUT2D eigenvalue weighted by Crippen LogP contribution is 2.01. The highest BCUT2D eigenvalue weighted by molar-refractivity contribution is 5.09. The first-order valence-corrected chi connectivity index (χ1v) is 8.38. The quantitative estimate of drug-likeness (QED) is 0.399. The monoisotopic (exact) mass is 304 g/mol. The van der Waals surface area contributed by atoms with Gasteiger partial charge in [-0.1, -0.05) is 87.4 Å². The summed E-state index contributed by atoms with van der Waals surface area (Å²) in [5, 5.41) is 18.9. The lowest BCUT2D eigenvalue weighted by molar-refractivity contribution is 0.209. The molecular formula is C20H32O2. The predicted octanol–water partition coefficient (Wildman–Crippen LogP) is 4.87. The van der Waals surface area contributed by atoms with Gasteiger partial charge in [0, 0.05) is 0 Å². The smallest absolute Gasteiger partial charge is 0.0723 e. The molecule has 2 nitrogen and oxygen atoms in total. The molecule has 124 valence electrons. The standard InChI is InChI=1S/C20H32O2/c1-3-5-16-20(22)18-15-13-11-9-7-6-8-10-12-14-17-19(21)4-2/h6-7,10-15,17-22H,3-5,8-9,16H2,1-2H3/b7-6-,12-10-,13-11-,17-14+,18-15+/t19-,20+/m0/s1. The van der Waals surface area contributed by atoms with E-state index in [1.165, 1.54) is 0 Å². The molecule has 0 aliphatic heterocycles. The summed E-state index contributed by atoms with van der Waals surface area (Å²) in [6.45, 7) is 4.08. The zero-order chi connectivity index (χ0) is 16.5. The van der Waals surface area contributed by atoms with Gasteiger partial charge < -0.3 is 10.2 Å². The highest BCUT2D eigenvalue weighted by Gasteiger charge is 1.95. The summed E-state index contributed by atoms with van der Waals surface area (Å²) in [5.41, 5.74) is 0. The van der Waals surface area contributed by atoms with Crippen molar-refractivity contribution < 1.29 is 10.2 Å². The fourth-order valence-electron chi connectivity index (χ4n) is 1.69. The van der Waals surface area contributed by atoms with Crippen LogP contribution in [0.1, 0.15) is 52.4 Å². The van der Waals surface area contributed by atoms with Crippen molar-refractivity contribution in [2.24, 2.45) is 0 Å². The van der Waals surface area contributed by atoms with Crippen molar-refractivity contribution in [1.82, 2.24) is 0 Å². The SMILES string of the molecule is CCCC[C@@H](O)/C=C/C=C\C/C=C\C/C=C\C=C\[C@@H](O)CC. The van der Waals surface area contributed by atoms with Crippen LogP contribution in [0.25, 0.3) is 0 Å². The average Bonchev–Trinajstić information content (AvgIpc) is 2.53. The van der Waals surface area contributed by atoms with Gasteiger partial charge in [-0.2, -0.15) is 0 Å². The summed E-state index contributed by atoms with van der Waals surface area (Å²) in [6.07, 6.45) is 24.7. The van der Waals surface area contributed by atoms with Crippen LogP contribution in [0.5, 0.6) is 0 Å². The molecule has 0 rings (SSSR count). The van der Waals surface area contributed by atoms with Gasteiger partial charge in [0.25, 0.3) is 0 Å². The molecular weight excluding hydrogens is 272 g/mol. The molecule has 0 aromatic rings. The number of hydrogen-bond donors (Lipinski definition) is 2. The van der Waals surface area contributed by atoms with E-state index >= 15 is 0 Å². The molecule has 0 amide bonds. The Bertz CT molecular complexity index is 375. The molecule has 0 spiro atoms. The van der Waals surface area contributed by atoms with Crippen molar-refractivity contribution >= 4 is 0 Å². The molecule has 0 heterocycles. The van der Waals surface area contributed by atoms with E-state index in [0.717, 1.165) is 38.5 Å². The molecule has 0 bridgehead atoms. The van der Waals surface area contributed by atoms with Crippen molar-refractivity contribution in [3.8, 4) is 0 Å². The topological polar surface area (TPSA) is 40.5 Å². The van der Waals surface area contributed by atoms with Crippen molar-refractivity contribution in [3.63, 3.8) is 0 Å². The highest BCUT2D eigenvalue weighted by atomic mass is 16.3. The summed E-state index contributed by atoms with van der Waals surface area (Å²) < 4.78 is 0. The molecule has 0 aromatic carbocycles. The predicted molar refractivity (Wildman–Crippen MR) is 96.8 cm³/mol. The Labute approximate surface area is 136 Å². The molecule has 0 aromatic heterocycles. The Morgan fingerprint density at radius 2 is 1.27 bits per heavy atom. The number of hydrogen-bond acceptors (Lipinski definition) is 2. The van der Waals surface area contributed by atoms with Gasteiger partial charge in [-0.15, -0.1) is 0 Å². The Balaban J connectivity index is 3.69. The summed E-state index contributed by atoms with van der Waals surface area (Å²) in [6, 6.07) is 0. The van der Waals surface area contributed by atoms with Crippen LogP contribution in [-0.2, 0) is 0 Å². The molecule has 0 radical (unpaired) electrons. The second kappa shape index (κ2) is 16.0. The minimum absolute atomic E-state index is 0.315. The number of allylic oxidation sites excluding steroid dienone is 8. The zero-order valence-electron chi connectivity index (χ0n) is 14.1. The van der Waals surface area contributed by atoms with Gasteiger partial charge in [0.15, 0.2) is 0 Å². The second-order valence-electron chi connectivity index (χ2n) is 5.25. The molecule has 0 unspecified atom stereocenters. The third-order valence-corrected chi connectivity index (χ3v) is 3.14. The van der Waals surface area contributed by atoms with Crippen LogP contribution in [0.3, 0.4) is 0 Å². The van der Waals surface area contributed by atoms with Crippen LogP contribution in [0.4, 0.5) is 0 Å². The van der Waals surface area contributed by atoms with E-state index in [4.69, 9.17) is 0 Å². The van der Waals surface area contributed by atoms with Crippen molar-refractivity contribution in [1.29, 1.82) is 0 Å². The van der Waals surface area contributed by atoms with Crippen LogP contribution >= 0.6 is 0 Å². The maximum Gasteiger partial charge on any atom is 0.0723 e. The lowest BCUT2D eigenvalue weighted by atomic mass is 10.1. The normalized spacial score (nSPS) is 16.0. The zero-order valence-corrected chi connectivity index (χ0v) is 14.1. The number of aliphatic hydroxyl groups is 2. The third kappa shape index (κ3) is 15.0. The lowest BCUT2D eigenvalue weighted by Gasteiger charge is -2.01. The average molecular weight is 304 g/mol. The summed E-state index contributed by atoms with van der Waals surface area (Å²) >= 11 is 0. The van der Waals surface area contributed by atoms with E-state index in [9.17, 15) is 10.2 Å². The first-order valence-electron chi connectivity index (χ1n) is 8.38. The van der Waals surface area contributed by atoms with Gasteiger partial charge in [0.2, 0.25) is 0 Å². The van der Waals surface area contributed by atoms with Gasteiger partial charge in [0.1, 0.15) is 0 Å². The van der Waals surface area contributed by atoms with Gasteiger partial charge in [0.05, 0.1) is 12.2 Å². The minimum atomic E-state index is -0.334. The largest absolute Gasteiger partial charge is 0.389 e. The first-order chi connectivity index (χ1) is 10.7. The molecule has 22 heavy (non-hydrogen) atoms. The number of rotatable bonds is 12. The van der Waals surface area contributed by atoms with Crippen LogP contribution in [0.15, 0.2) is 60.8 Å². The number of unbranched alkanes of at least 4 members (excludes halogenated alkanes) is 1. The fraction of sp³-hybridized carbons (Fsp3) is 0.500. The van der Waals surface area contributed by atoms with Gasteiger partial charge in [-0.25, -0.2) is 0 Å². The Hall–Kier alpha value is -1.38. The van der Waals surface area contributed by atoms with Gasteiger partial charge in [-0.3, -0.25) is 0 Å². The summed E-state index contributed by atoms with van der Waals surface area (Å²) in [7, 11) is 0. The maximum absolute atomic E-state index is 9.61. The lowest BCUT2D eigenvalue weighted by Crippen LogP contribution is -2.00. The van der Waals surface area contributed by atoms with Crippen molar-refractivity contribution in [3.05, 3.63) is 60.8 Å². The van der Waals surface area contributed by atoms with Gasteiger partial charge in [-0.05, 0) is 25.7 Å². The molecule has 0 aliphatic rings. The fourth-order valence-corrected chi connectivity index (χ4v) is 1.69. The molecule has 0 saturated carbocycles. The first kappa shape index (κ1) is 20.6. The van der Waals surface area contributed by atoms with Crippen molar-refractivity contribution in [2.75, 3.05) is 0 Å². The molecule has 0 fully saturated rings. The van der Waals surface area contributed by atoms with E-state index in [2.05, 4.69) is 31.2 Å². The van der Waals surface area contributed by atoms with Crippen LogP contribution in [0, 0.1) is 0 Å². The van der Waals surface area contributed by atoms with Crippen molar-refractivity contribution in [2.45, 2.75) is 64.6 Å². The molecule has 2 heteroatoms. The van der Waals surface area contributed by atoms with E-state index in [1.54, 1.807) is 6.08 Å². The third-order valence-electron chi connectivity index (χ3n) is 3.14. The Morgan fingerprint density at radius 3 is 1.77 bits per heavy atom. The maximum atomic E-state index is 9.61. The van der Waals surface area contributed by atoms with Crippen LogP contribution in [0.2, 0.25) is 0 Å². The van der Waals surface area contributed by atoms with E-state index in [-0.39, 0.29) is 12.2 Å². The van der Waals surface area contributed by atoms with Crippen LogP contribution in [-0.4, -0.2) is 22.4 Å². The molecule has 0 aliphatic carbocycles. The van der Waals surface area contributed by atoms with E-state index < -0.39 is 0 Å². The molecule has 2 atom stereocenters. The minimum Gasteiger partial charge on any atom is -0.389 e. The Morgan fingerprint density at radius 1 is 0.727 bits per heavy atom. The summed E-state index contributed by atoms with van der Waals surface area (Å²) in [5.74, 6) is 0. The van der Waals surface area contributed by atoms with E-state index in [1.807, 2.05) is 37.3 Å². The van der Waals surface area contributed by atoms with E-state index in [0.29, 0.717) is 0 Å². The molecule has 0 saturated heterocycles. The number of aliphatic hydroxyl groups excluding tert-OH is 2.